The van der Waals surface area contributed by atoms with E-state index in [0.717, 1.165) is 46.4 Å². The van der Waals surface area contributed by atoms with Crippen molar-refractivity contribution >= 4 is 43.7 Å². The van der Waals surface area contributed by atoms with Crippen LogP contribution in [0.15, 0.2) is 53.3 Å². The number of aromatic amines is 1. The molecule has 11 heteroatoms. The number of halogens is 1. The topological polar surface area (TPSA) is 139 Å². The van der Waals surface area contributed by atoms with Crippen molar-refractivity contribution in [2.24, 2.45) is 5.73 Å². The van der Waals surface area contributed by atoms with E-state index in [9.17, 15) is 5.26 Å². The van der Waals surface area contributed by atoms with Crippen molar-refractivity contribution < 1.29 is 9.47 Å². The fourth-order valence-corrected chi connectivity index (χ4v) is 5.03. The minimum absolute atomic E-state index is 0.110. The van der Waals surface area contributed by atoms with E-state index < -0.39 is 0 Å². The van der Waals surface area contributed by atoms with Gasteiger partial charge in [-0.2, -0.15) is 15.2 Å². The highest BCUT2D eigenvalue weighted by atomic mass is 79.9. The third-order valence-corrected chi connectivity index (χ3v) is 7.02. The number of hydrogen-bond donors (Lipinski definition) is 2. The van der Waals surface area contributed by atoms with Crippen LogP contribution in [0.4, 0.5) is 5.82 Å². The fraction of sp³-hybridized carbons (Fsp3) is 0.192. The summed E-state index contributed by atoms with van der Waals surface area (Å²) in [6, 6.07) is 14.8. The number of aromatic nitrogens is 5. The second-order valence-electron chi connectivity index (χ2n) is 8.69. The van der Waals surface area contributed by atoms with E-state index in [1.54, 1.807) is 30.6 Å². The van der Waals surface area contributed by atoms with Crippen LogP contribution in [0.2, 0.25) is 0 Å². The SMILES string of the molecule is CCc1[nH]c2nc(Oc3ccc4ncnc(N5CC(N)C5)c4c3)nc(Oc3cccc(C#N)c3)c2c1Br. The molecule has 2 aromatic carbocycles. The van der Waals surface area contributed by atoms with E-state index >= 15 is 0 Å². The molecule has 0 unspecified atom stereocenters. The molecule has 0 saturated carbocycles. The van der Waals surface area contributed by atoms with E-state index in [1.165, 1.54) is 0 Å². The van der Waals surface area contributed by atoms with Crippen LogP contribution >= 0.6 is 15.9 Å². The van der Waals surface area contributed by atoms with Gasteiger partial charge in [-0.25, -0.2) is 9.97 Å². The van der Waals surface area contributed by atoms with Crippen molar-refractivity contribution in [3.05, 3.63) is 64.5 Å². The lowest BCUT2D eigenvalue weighted by Gasteiger charge is -2.38. The molecule has 1 fully saturated rings. The van der Waals surface area contributed by atoms with Crippen LogP contribution < -0.4 is 20.1 Å². The van der Waals surface area contributed by atoms with Crippen LogP contribution in [0.1, 0.15) is 18.2 Å². The second kappa shape index (κ2) is 9.31. The molecular weight excluding hydrogens is 536 g/mol. The summed E-state index contributed by atoms with van der Waals surface area (Å²) < 4.78 is 13.1. The number of nitrogens with two attached hydrogens (primary N) is 1. The van der Waals surface area contributed by atoms with Gasteiger partial charge in [0.15, 0.2) is 0 Å². The van der Waals surface area contributed by atoms with E-state index in [0.29, 0.717) is 34.0 Å². The van der Waals surface area contributed by atoms with Crippen molar-refractivity contribution in [2.75, 3.05) is 18.0 Å². The predicted octanol–water partition coefficient (Wildman–Crippen LogP) is 4.83. The predicted molar refractivity (Wildman–Crippen MR) is 142 cm³/mol. The van der Waals surface area contributed by atoms with E-state index in [4.69, 9.17) is 15.2 Å². The lowest BCUT2D eigenvalue weighted by Crippen LogP contribution is -2.56. The number of aryl methyl sites for hydroxylation is 1. The Labute approximate surface area is 220 Å². The van der Waals surface area contributed by atoms with Gasteiger partial charge in [-0.3, -0.25) is 0 Å². The van der Waals surface area contributed by atoms with Crippen molar-refractivity contribution in [1.82, 2.24) is 24.9 Å². The van der Waals surface area contributed by atoms with Crippen molar-refractivity contribution in [3.8, 4) is 29.5 Å². The number of nitrogens with zero attached hydrogens (tertiary/aromatic N) is 6. The summed E-state index contributed by atoms with van der Waals surface area (Å²) in [6.45, 7) is 3.52. The number of anilines is 1. The van der Waals surface area contributed by atoms with Crippen molar-refractivity contribution in [3.63, 3.8) is 0 Å². The summed E-state index contributed by atoms with van der Waals surface area (Å²) in [4.78, 5) is 23.5. The minimum atomic E-state index is 0.110. The van der Waals surface area contributed by atoms with E-state index in [2.05, 4.69) is 51.8 Å². The van der Waals surface area contributed by atoms with Gasteiger partial charge in [-0.1, -0.05) is 13.0 Å². The number of nitriles is 1. The Kier molecular flexibility index (Phi) is 5.82. The maximum atomic E-state index is 9.27. The van der Waals surface area contributed by atoms with Crippen LogP contribution in [0.5, 0.6) is 23.4 Å². The summed E-state index contributed by atoms with van der Waals surface area (Å²) in [6.07, 6.45) is 2.31. The number of ether oxygens (including phenoxy) is 2. The smallest absolute Gasteiger partial charge is 0.327 e. The minimum Gasteiger partial charge on any atom is -0.438 e. The lowest BCUT2D eigenvalue weighted by molar-refractivity contribution is 0.417. The van der Waals surface area contributed by atoms with Crippen LogP contribution in [0.25, 0.3) is 21.9 Å². The van der Waals surface area contributed by atoms with Crippen molar-refractivity contribution in [1.29, 1.82) is 5.26 Å². The van der Waals surface area contributed by atoms with Gasteiger partial charge in [0, 0.05) is 30.2 Å². The first-order valence-corrected chi connectivity index (χ1v) is 12.5. The molecule has 0 bridgehead atoms. The third-order valence-electron chi connectivity index (χ3n) is 6.14. The molecule has 1 aliphatic heterocycles. The van der Waals surface area contributed by atoms with E-state index in [1.807, 2.05) is 25.1 Å². The maximum Gasteiger partial charge on any atom is 0.327 e. The highest BCUT2D eigenvalue weighted by Crippen LogP contribution is 2.38. The van der Waals surface area contributed by atoms with Gasteiger partial charge < -0.3 is 25.1 Å². The monoisotopic (exact) mass is 556 g/mol. The summed E-state index contributed by atoms with van der Waals surface area (Å²) in [7, 11) is 0. The summed E-state index contributed by atoms with van der Waals surface area (Å²) in [5.41, 5.74) is 8.79. The lowest BCUT2D eigenvalue weighted by atomic mass is 10.1. The van der Waals surface area contributed by atoms with Gasteiger partial charge in [0.2, 0.25) is 5.88 Å². The standard InChI is InChI=1S/C26H21BrN8O2/c1-2-19-22(27)21-23(32-19)33-26(34-25(21)36-16-5-3-4-14(8-16)10-28)37-17-6-7-20-18(9-17)24(31-13-30-20)35-11-15(29)12-35/h3-9,13,15H,2,11-12,29H2,1H3,(H,32,33,34). The van der Waals surface area contributed by atoms with Crippen LogP contribution in [0, 0.1) is 11.3 Å². The maximum absolute atomic E-state index is 9.27. The number of fused-ring (bicyclic) bond motifs is 2. The molecule has 37 heavy (non-hydrogen) atoms. The van der Waals surface area contributed by atoms with Gasteiger partial charge in [0.1, 0.15) is 29.3 Å². The average Bonchev–Trinajstić information content (AvgIpc) is 3.22. The molecule has 0 spiro atoms. The number of H-pyrrole nitrogens is 1. The zero-order valence-electron chi connectivity index (χ0n) is 19.8. The van der Waals surface area contributed by atoms with Gasteiger partial charge in [0.05, 0.1) is 27.0 Å². The Morgan fingerprint density at radius 3 is 2.76 bits per heavy atom. The summed E-state index contributed by atoms with van der Waals surface area (Å²) in [5, 5.41) is 10.8. The Hall–Kier alpha value is -4.27. The molecule has 0 amide bonds. The van der Waals surface area contributed by atoms with Gasteiger partial charge in [-0.05, 0) is 58.7 Å². The van der Waals surface area contributed by atoms with Crippen LogP contribution in [-0.4, -0.2) is 44.1 Å². The Morgan fingerprint density at radius 2 is 1.97 bits per heavy atom. The number of benzene rings is 2. The van der Waals surface area contributed by atoms with Crippen molar-refractivity contribution in [2.45, 2.75) is 19.4 Å². The Balaban J connectivity index is 1.40. The first-order chi connectivity index (χ1) is 18.0. The molecule has 0 aliphatic carbocycles. The molecule has 1 aliphatic rings. The largest absolute Gasteiger partial charge is 0.438 e. The summed E-state index contributed by atoms with van der Waals surface area (Å²) in [5.74, 6) is 2.14. The first kappa shape index (κ1) is 23.1. The molecule has 3 N–H and O–H groups in total. The van der Waals surface area contributed by atoms with Gasteiger partial charge in [-0.15, -0.1) is 0 Å². The highest BCUT2D eigenvalue weighted by molar-refractivity contribution is 9.10. The van der Waals surface area contributed by atoms with Crippen LogP contribution in [0.3, 0.4) is 0 Å². The fourth-order valence-electron chi connectivity index (χ4n) is 4.29. The number of rotatable bonds is 6. The van der Waals surface area contributed by atoms with Gasteiger partial charge >= 0.3 is 6.01 Å². The average molecular weight is 557 g/mol. The molecule has 184 valence electrons. The third kappa shape index (κ3) is 4.30. The van der Waals surface area contributed by atoms with Gasteiger partial charge in [0.25, 0.3) is 0 Å². The molecule has 3 aromatic heterocycles. The zero-order chi connectivity index (χ0) is 25.5. The zero-order valence-corrected chi connectivity index (χ0v) is 21.4. The van der Waals surface area contributed by atoms with Crippen LogP contribution in [-0.2, 0) is 6.42 Å². The summed E-state index contributed by atoms with van der Waals surface area (Å²) >= 11 is 3.65. The van der Waals surface area contributed by atoms with E-state index in [-0.39, 0.29) is 12.1 Å². The molecule has 5 aromatic rings. The second-order valence-corrected chi connectivity index (χ2v) is 9.48. The quantitative estimate of drug-likeness (QED) is 0.301. The molecular formula is C26H21BrN8O2. The molecule has 0 radical (unpaired) electrons. The Bertz CT molecular complexity index is 1690. The first-order valence-electron chi connectivity index (χ1n) is 11.7. The molecule has 10 nitrogen and oxygen atoms in total. The highest BCUT2D eigenvalue weighted by Gasteiger charge is 2.26. The molecule has 6 rings (SSSR count). The normalized spacial score (nSPS) is 13.5. The number of hydrogen-bond acceptors (Lipinski definition) is 9. The Morgan fingerprint density at radius 1 is 1.14 bits per heavy atom. The number of nitrogens with one attached hydrogen (secondary N) is 1. The molecule has 1 saturated heterocycles. The molecule has 0 atom stereocenters. The molecule has 4 heterocycles.